The Morgan fingerprint density at radius 1 is 1.25 bits per heavy atom. The smallest absolute Gasteiger partial charge is 0.258 e. The Balaban J connectivity index is 2.63. The first-order chi connectivity index (χ1) is 7.72. The number of thioether (sulfide) groups is 1. The van der Waals surface area contributed by atoms with Crippen molar-refractivity contribution in [2.45, 2.75) is 5.16 Å². The molecule has 0 atom stereocenters. The molecule has 2 aromatic rings. The van der Waals surface area contributed by atoms with Gasteiger partial charge in [-0.15, -0.1) is 0 Å². The van der Waals surface area contributed by atoms with Gasteiger partial charge in [-0.2, -0.15) is 0 Å². The number of phenolic OH excluding ortho intramolecular Hbond substituents is 1. The lowest BCUT2D eigenvalue weighted by Crippen LogP contribution is -2.19. The Labute approximate surface area is 96.6 Å². The molecule has 0 bridgehead atoms. The molecule has 0 aliphatic carbocycles. The lowest BCUT2D eigenvalue weighted by Gasteiger charge is -2.09. The Morgan fingerprint density at radius 3 is 2.56 bits per heavy atom. The minimum absolute atomic E-state index is 0.134. The molecule has 0 saturated heterocycles. The first-order valence-corrected chi connectivity index (χ1v) is 5.86. The zero-order chi connectivity index (χ0) is 11.5. The zero-order valence-corrected chi connectivity index (χ0v) is 9.44. The molecule has 0 aliphatic rings. The normalized spacial score (nSPS) is 10.3. The molecule has 0 amide bonds. The highest BCUT2D eigenvalue weighted by Crippen LogP contribution is 2.17. The van der Waals surface area contributed by atoms with Crippen molar-refractivity contribution >= 4 is 11.8 Å². The van der Waals surface area contributed by atoms with Crippen LogP contribution in [0.15, 0.2) is 46.5 Å². The molecule has 2 rings (SSSR count). The molecule has 0 unspecified atom stereocenters. The van der Waals surface area contributed by atoms with Crippen LogP contribution in [0.4, 0.5) is 0 Å². The van der Waals surface area contributed by atoms with Crippen LogP contribution in [0, 0.1) is 0 Å². The zero-order valence-electron chi connectivity index (χ0n) is 8.62. The number of hydrogen-bond donors (Lipinski definition) is 1. The minimum atomic E-state index is -0.134. The lowest BCUT2D eigenvalue weighted by atomic mass is 10.3. The van der Waals surface area contributed by atoms with Crippen molar-refractivity contribution in [3.05, 3.63) is 46.9 Å². The van der Waals surface area contributed by atoms with Gasteiger partial charge in [-0.05, 0) is 30.5 Å². The van der Waals surface area contributed by atoms with E-state index in [0.29, 0.717) is 10.8 Å². The number of rotatable bonds is 2. The van der Waals surface area contributed by atoms with Crippen LogP contribution in [-0.4, -0.2) is 20.9 Å². The molecule has 1 N–H and O–H groups in total. The van der Waals surface area contributed by atoms with Gasteiger partial charge in [0.1, 0.15) is 5.75 Å². The van der Waals surface area contributed by atoms with E-state index < -0.39 is 0 Å². The van der Waals surface area contributed by atoms with E-state index in [1.165, 1.54) is 28.6 Å². The summed E-state index contributed by atoms with van der Waals surface area (Å²) in [5, 5.41) is 9.81. The molecule has 0 saturated carbocycles. The predicted octanol–water partition coefficient (Wildman–Crippen LogP) is 1.66. The molecule has 0 fully saturated rings. The van der Waals surface area contributed by atoms with Gasteiger partial charge in [-0.3, -0.25) is 9.36 Å². The summed E-state index contributed by atoms with van der Waals surface area (Å²) in [6, 6.07) is 7.85. The highest BCUT2D eigenvalue weighted by molar-refractivity contribution is 7.98. The van der Waals surface area contributed by atoms with Gasteiger partial charge in [0.15, 0.2) is 5.16 Å². The first kappa shape index (κ1) is 10.8. The van der Waals surface area contributed by atoms with E-state index in [9.17, 15) is 9.90 Å². The molecule has 1 heterocycles. The third-order valence-electron chi connectivity index (χ3n) is 2.10. The molecule has 0 aliphatic heterocycles. The van der Waals surface area contributed by atoms with Crippen molar-refractivity contribution < 1.29 is 5.11 Å². The van der Waals surface area contributed by atoms with Crippen molar-refractivity contribution in [3.63, 3.8) is 0 Å². The molecule has 4 nitrogen and oxygen atoms in total. The van der Waals surface area contributed by atoms with Crippen LogP contribution in [0.1, 0.15) is 0 Å². The second kappa shape index (κ2) is 4.40. The average molecular weight is 234 g/mol. The second-order valence-corrected chi connectivity index (χ2v) is 3.89. The van der Waals surface area contributed by atoms with Crippen LogP contribution in [0.25, 0.3) is 5.69 Å². The van der Waals surface area contributed by atoms with Gasteiger partial charge in [0.05, 0.1) is 5.69 Å². The maximum Gasteiger partial charge on any atom is 0.258 e. The van der Waals surface area contributed by atoms with E-state index in [2.05, 4.69) is 4.98 Å². The number of aromatic nitrogens is 2. The third kappa shape index (κ3) is 1.94. The molecule has 0 spiro atoms. The third-order valence-corrected chi connectivity index (χ3v) is 2.76. The number of aromatic hydroxyl groups is 1. The molecule has 0 radical (unpaired) electrons. The van der Waals surface area contributed by atoms with Crippen LogP contribution in [-0.2, 0) is 0 Å². The van der Waals surface area contributed by atoms with E-state index >= 15 is 0 Å². The fraction of sp³-hybridized carbons (Fsp3) is 0.0909. The van der Waals surface area contributed by atoms with Crippen LogP contribution in [0.3, 0.4) is 0 Å². The number of benzene rings is 1. The first-order valence-electron chi connectivity index (χ1n) is 4.64. The van der Waals surface area contributed by atoms with Gasteiger partial charge in [0.25, 0.3) is 5.56 Å². The summed E-state index contributed by atoms with van der Waals surface area (Å²) >= 11 is 1.40. The molecule has 1 aromatic carbocycles. The topological polar surface area (TPSA) is 55.1 Å². The van der Waals surface area contributed by atoms with Crippen molar-refractivity contribution in [1.82, 2.24) is 9.55 Å². The van der Waals surface area contributed by atoms with Gasteiger partial charge in [0.2, 0.25) is 0 Å². The number of hydrogen-bond acceptors (Lipinski definition) is 4. The van der Waals surface area contributed by atoms with Crippen molar-refractivity contribution in [2.75, 3.05) is 6.26 Å². The van der Waals surface area contributed by atoms with Crippen molar-refractivity contribution in [1.29, 1.82) is 0 Å². The van der Waals surface area contributed by atoms with Crippen molar-refractivity contribution in [2.24, 2.45) is 0 Å². The monoisotopic (exact) mass is 234 g/mol. The van der Waals surface area contributed by atoms with Crippen LogP contribution in [0.5, 0.6) is 5.75 Å². The van der Waals surface area contributed by atoms with E-state index in [-0.39, 0.29) is 11.3 Å². The fourth-order valence-corrected chi connectivity index (χ4v) is 1.92. The van der Waals surface area contributed by atoms with Gasteiger partial charge < -0.3 is 5.11 Å². The van der Waals surface area contributed by atoms with Crippen molar-refractivity contribution in [3.8, 4) is 11.4 Å². The van der Waals surface area contributed by atoms with Crippen LogP contribution < -0.4 is 5.56 Å². The summed E-state index contributed by atoms with van der Waals surface area (Å²) in [6.07, 6.45) is 3.35. The highest BCUT2D eigenvalue weighted by atomic mass is 32.2. The standard InChI is InChI=1S/C11H10N2O2S/c1-16-11-12-7-6-10(15)13(11)8-2-4-9(14)5-3-8/h2-7,14H,1H3. The van der Waals surface area contributed by atoms with Crippen LogP contribution in [0.2, 0.25) is 0 Å². The summed E-state index contributed by atoms with van der Waals surface area (Å²) in [5.74, 6) is 0.173. The molecule has 16 heavy (non-hydrogen) atoms. The molecule has 5 heteroatoms. The van der Waals surface area contributed by atoms with E-state index in [1.54, 1.807) is 24.3 Å². The summed E-state index contributed by atoms with van der Waals surface area (Å²) in [5.41, 5.74) is 0.560. The quantitative estimate of drug-likeness (QED) is 0.634. The maximum atomic E-state index is 11.7. The summed E-state index contributed by atoms with van der Waals surface area (Å²) in [4.78, 5) is 15.9. The molecule has 82 valence electrons. The SMILES string of the molecule is CSc1nccc(=O)n1-c1ccc(O)cc1. The van der Waals surface area contributed by atoms with Crippen LogP contribution >= 0.6 is 11.8 Å². The highest BCUT2D eigenvalue weighted by Gasteiger charge is 2.05. The Kier molecular flexibility index (Phi) is 2.96. The number of nitrogens with zero attached hydrogens (tertiary/aromatic N) is 2. The van der Waals surface area contributed by atoms with E-state index in [1.807, 2.05) is 6.26 Å². The van der Waals surface area contributed by atoms with Gasteiger partial charge >= 0.3 is 0 Å². The minimum Gasteiger partial charge on any atom is -0.508 e. The summed E-state index contributed by atoms with van der Waals surface area (Å²) < 4.78 is 1.50. The van der Waals surface area contributed by atoms with Gasteiger partial charge in [-0.1, -0.05) is 11.8 Å². The number of phenols is 1. The lowest BCUT2D eigenvalue weighted by molar-refractivity contribution is 0.475. The largest absolute Gasteiger partial charge is 0.508 e. The maximum absolute atomic E-state index is 11.7. The van der Waals surface area contributed by atoms with Gasteiger partial charge in [-0.25, -0.2) is 4.98 Å². The van der Waals surface area contributed by atoms with E-state index in [0.717, 1.165) is 0 Å². The fourth-order valence-electron chi connectivity index (χ4n) is 1.37. The second-order valence-electron chi connectivity index (χ2n) is 3.12. The molecular formula is C11H10N2O2S. The Bertz CT molecular complexity index is 549. The molecule has 1 aromatic heterocycles. The van der Waals surface area contributed by atoms with E-state index in [4.69, 9.17) is 0 Å². The molecular weight excluding hydrogens is 224 g/mol. The predicted molar refractivity (Wildman–Crippen MR) is 63.3 cm³/mol. The Morgan fingerprint density at radius 2 is 1.94 bits per heavy atom. The van der Waals surface area contributed by atoms with Gasteiger partial charge in [0, 0.05) is 12.3 Å². The summed E-state index contributed by atoms with van der Waals surface area (Å²) in [6.45, 7) is 0. The average Bonchev–Trinajstić information content (AvgIpc) is 2.30. The summed E-state index contributed by atoms with van der Waals surface area (Å²) in [7, 11) is 0. The Hall–Kier alpha value is -1.75.